The maximum atomic E-state index is 11.2. The van der Waals surface area contributed by atoms with Gasteiger partial charge in [-0.2, -0.15) is 0 Å². The lowest BCUT2D eigenvalue weighted by atomic mass is 9.85. The molecule has 0 saturated heterocycles. The van der Waals surface area contributed by atoms with Crippen LogP contribution in [0.3, 0.4) is 0 Å². The molecule has 100 valence electrons. The van der Waals surface area contributed by atoms with Crippen LogP contribution in [0.25, 0.3) is 0 Å². The Balaban J connectivity index is 2.39. The number of hydrogen-bond acceptors (Lipinski definition) is 4. The van der Waals surface area contributed by atoms with Crippen LogP contribution >= 0.6 is 11.3 Å². The third-order valence-electron chi connectivity index (χ3n) is 3.67. The first-order chi connectivity index (χ1) is 8.63. The number of carboxylic acids is 1. The minimum atomic E-state index is -0.877. The van der Waals surface area contributed by atoms with Gasteiger partial charge in [-0.05, 0) is 19.3 Å². The first kappa shape index (κ1) is 13.5. The Kier molecular flexibility index (Phi) is 4.02. The van der Waals surface area contributed by atoms with Gasteiger partial charge in [0.1, 0.15) is 15.5 Å². The molecular formula is C13H19NO3S. The van der Waals surface area contributed by atoms with Gasteiger partial charge in [-0.3, -0.25) is 0 Å². The molecule has 1 aliphatic rings. The van der Waals surface area contributed by atoms with E-state index in [1.165, 1.54) is 17.8 Å². The van der Waals surface area contributed by atoms with Crippen molar-refractivity contribution in [1.82, 2.24) is 4.98 Å². The van der Waals surface area contributed by atoms with E-state index < -0.39 is 5.97 Å². The summed E-state index contributed by atoms with van der Waals surface area (Å²) in [7, 11) is 1.71. The number of aromatic carboxylic acids is 1. The third-order valence-corrected chi connectivity index (χ3v) is 4.94. The van der Waals surface area contributed by atoms with E-state index in [2.05, 4.69) is 4.98 Å². The van der Waals surface area contributed by atoms with Crippen molar-refractivity contribution >= 4 is 17.3 Å². The number of aromatic nitrogens is 1. The van der Waals surface area contributed by atoms with Crippen LogP contribution in [0.1, 0.15) is 59.4 Å². The van der Waals surface area contributed by atoms with Gasteiger partial charge in [-0.15, -0.1) is 11.3 Å². The van der Waals surface area contributed by atoms with E-state index in [9.17, 15) is 9.90 Å². The molecule has 0 aromatic carbocycles. The largest absolute Gasteiger partial charge is 0.477 e. The molecule has 0 atom stereocenters. The Bertz CT molecular complexity index is 435. The summed E-state index contributed by atoms with van der Waals surface area (Å²) in [5, 5.41) is 10.0. The second kappa shape index (κ2) is 5.36. The summed E-state index contributed by atoms with van der Waals surface area (Å²) in [6, 6.07) is 0. The van der Waals surface area contributed by atoms with Gasteiger partial charge in [0.25, 0.3) is 0 Å². The predicted octanol–water partition coefficient (Wildman–Crippen LogP) is 3.21. The molecule has 0 spiro atoms. The van der Waals surface area contributed by atoms with Gasteiger partial charge in [0.2, 0.25) is 0 Å². The lowest BCUT2D eigenvalue weighted by Crippen LogP contribution is -2.30. The maximum absolute atomic E-state index is 11.2. The first-order valence-corrected chi connectivity index (χ1v) is 7.23. The Labute approximate surface area is 111 Å². The molecule has 0 amide bonds. The second-order valence-electron chi connectivity index (χ2n) is 4.71. The third kappa shape index (κ3) is 2.29. The van der Waals surface area contributed by atoms with E-state index >= 15 is 0 Å². The quantitative estimate of drug-likeness (QED) is 0.911. The highest BCUT2D eigenvalue weighted by Crippen LogP contribution is 2.42. The van der Waals surface area contributed by atoms with E-state index in [1.807, 2.05) is 6.92 Å². The number of thiazole rings is 1. The number of aryl methyl sites for hydroxylation is 1. The summed E-state index contributed by atoms with van der Waals surface area (Å²) < 4.78 is 5.71. The fourth-order valence-electron chi connectivity index (χ4n) is 2.58. The molecule has 0 radical (unpaired) electrons. The van der Waals surface area contributed by atoms with Crippen molar-refractivity contribution in [3.8, 4) is 0 Å². The molecule has 18 heavy (non-hydrogen) atoms. The fraction of sp³-hybridized carbons (Fsp3) is 0.692. The SMILES string of the molecule is CCc1nc(C2(OC)CCCCC2)sc1C(=O)O. The van der Waals surface area contributed by atoms with Gasteiger partial charge in [-0.25, -0.2) is 9.78 Å². The zero-order valence-electron chi connectivity index (χ0n) is 10.9. The number of carboxylic acid groups (broad SMARTS) is 1. The van der Waals surface area contributed by atoms with Crippen molar-refractivity contribution in [2.75, 3.05) is 7.11 Å². The van der Waals surface area contributed by atoms with Crippen LogP contribution in [-0.4, -0.2) is 23.2 Å². The minimum Gasteiger partial charge on any atom is -0.477 e. The topological polar surface area (TPSA) is 59.4 Å². The van der Waals surface area contributed by atoms with Gasteiger partial charge in [-0.1, -0.05) is 26.2 Å². The Morgan fingerprint density at radius 3 is 2.56 bits per heavy atom. The average molecular weight is 269 g/mol. The number of ether oxygens (including phenoxy) is 1. The fourth-order valence-corrected chi connectivity index (χ4v) is 3.80. The van der Waals surface area contributed by atoms with Crippen molar-refractivity contribution in [3.63, 3.8) is 0 Å². The van der Waals surface area contributed by atoms with Crippen LogP contribution in [-0.2, 0) is 16.8 Å². The summed E-state index contributed by atoms with van der Waals surface area (Å²) >= 11 is 1.29. The molecule has 0 bridgehead atoms. The van der Waals surface area contributed by atoms with Crippen molar-refractivity contribution in [1.29, 1.82) is 0 Å². The van der Waals surface area contributed by atoms with Crippen molar-refractivity contribution in [3.05, 3.63) is 15.6 Å². The van der Waals surface area contributed by atoms with Gasteiger partial charge in [0.15, 0.2) is 0 Å². The minimum absolute atomic E-state index is 0.347. The highest BCUT2D eigenvalue weighted by atomic mass is 32.1. The van der Waals surface area contributed by atoms with Crippen LogP contribution < -0.4 is 0 Å². The molecule has 5 heteroatoms. The number of methoxy groups -OCH3 is 1. The van der Waals surface area contributed by atoms with Crippen LogP contribution in [0.5, 0.6) is 0 Å². The molecule has 1 aromatic rings. The van der Waals surface area contributed by atoms with E-state index in [4.69, 9.17) is 4.74 Å². The van der Waals surface area contributed by atoms with Crippen molar-refractivity contribution in [2.24, 2.45) is 0 Å². The van der Waals surface area contributed by atoms with Crippen LogP contribution in [0.2, 0.25) is 0 Å². The molecule has 0 unspecified atom stereocenters. The normalized spacial score (nSPS) is 18.8. The summed E-state index contributed by atoms with van der Waals surface area (Å²) in [6.45, 7) is 1.94. The first-order valence-electron chi connectivity index (χ1n) is 6.41. The van der Waals surface area contributed by atoms with Crippen LogP contribution in [0, 0.1) is 0 Å². The number of rotatable bonds is 4. The molecule has 1 saturated carbocycles. The molecule has 0 aliphatic heterocycles. The monoisotopic (exact) mass is 269 g/mol. The zero-order valence-corrected chi connectivity index (χ0v) is 11.7. The van der Waals surface area contributed by atoms with Gasteiger partial charge in [0, 0.05) is 7.11 Å². The maximum Gasteiger partial charge on any atom is 0.347 e. The molecular weight excluding hydrogens is 250 g/mol. The Morgan fingerprint density at radius 1 is 1.44 bits per heavy atom. The highest BCUT2D eigenvalue weighted by Gasteiger charge is 2.38. The van der Waals surface area contributed by atoms with Crippen LogP contribution in [0.4, 0.5) is 0 Å². The lowest BCUT2D eigenvalue weighted by Gasteiger charge is -2.34. The second-order valence-corrected chi connectivity index (χ2v) is 5.71. The zero-order chi connectivity index (χ0) is 13.2. The number of hydrogen-bond donors (Lipinski definition) is 1. The van der Waals surface area contributed by atoms with E-state index in [0.29, 0.717) is 17.0 Å². The standard InChI is InChI=1S/C13H19NO3S/c1-3-9-10(11(15)16)18-12(14-9)13(17-2)7-5-4-6-8-13/h3-8H2,1-2H3,(H,15,16). The van der Waals surface area contributed by atoms with E-state index in [0.717, 1.165) is 30.7 Å². The summed E-state index contributed by atoms with van der Waals surface area (Å²) in [6.07, 6.45) is 6.01. The molecule has 1 N–H and O–H groups in total. The lowest BCUT2D eigenvalue weighted by molar-refractivity contribution is -0.0447. The molecule has 4 nitrogen and oxygen atoms in total. The number of nitrogens with zero attached hydrogens (tertiary/aromatic N) is 1. The molecule has 1 aromatic heterocycles. The summed E-state index contributed by atoms with van der Waals surface area (Å²) in [4.78, 5) is 16.1. The van der Waals surface area contributed by atoms with Gasteiger partial charge in [0.05, 0.1) is 5.69 Å². The smallest absolute Gasteiger partial charge is 0.347 e. The average Bonchev–Trinajstić information content (AvgIpc) is 2.84. The highest BCUT2D eigenvalue weighted by molar-refractivity contribution is 7.13. The van der Waals surface area contributed by atoms with E-state index in [1.54, 1.807) is 7.11 Å². The molecule has 2 rings (SSSR count). The molecule has 1 fully saturated rings. The molecule has 1 aliphatic carbocycles. The number of carbonyl (C=O) groups is 1. The summed E-state index contributed by atoms with van der Waals surface area (Å²) in [5.41, 5.74) is 0.338. The predicted molar refractivity (Wildman–Crippen MR) is 70.2 cm³/mol. The van der Waals surface area contributed by atoms with E-state index in [-0.39, 0.29) is 5.60 Å². The van der Waals surface area contributed by atoms with Gasteiger partial charge >= 0.3 is 5.97 Å². The Hall–Kier alpha value is -0.940. The Morgan fingerprint density at radius 2 is 2.11 bits per heavy atom. The van der Waals surface area contributed by atoms with Crippen LogP contribution in [0.15, 0.2) is 0 Å². The van der Waals surface area contributed by atoms with Gasteiger partial charge < -0.3 is 9.84 Å². The van der Waals surface area contributed by atoms with Crippen molar-refractivity contribution in [2.45, 2.75) is 51.0 Å². The van der Waals surface area contributed by atoms with Crippen molar-refractivity contribution < 1.29 is 14.6 Å². The summed E-state index contributed by atoms with van der Waals surface area (Å²) in [5.74, 6) is -0.877. The molecule has 1 heterocycles.